The van der Waals surface area contributed by atoms with Crippen LogP contribution in [0.5, 0.6) is 0 Å². The van der Waals surface area contributed by atoms with Gasteiger partial charge in [0.2, 0.25) is 10.0 Å². The van der Waals surface area contributed by atoms with Gasteiger partial charge in [0.05, 0.1) is 29.0 Å². The molecule has 2 aromatic rings. The summed E-state index contributed by atoms with van der Waals surface area (Å²) in [5.74, 6) is -0.411. The first kappa shape index (κ1) is 24.4. The standard InChI is InChI=1S/C22H28N2O6S2/c1-4-17-5-6-19(15-21(17)32(28,29)24-11-13-30-14-12-24)22(25)23-16(2)18-7-9-20(10-8-18)31(3,26)27/h5-10,15-16H,4,11-14H2,1-3H3,(H,23,25). The molecule has 10 heteroatoms. The minimum atomic E-state index is -3.74. The number of rotatable bonds is 7. The van der Waals surface area contributed by atoms with Crippen LogP contribution in [0.25, 0.3) is 0 Å². The van der Waals surface area contributed by atoms with Crippen molar-refractivity contribution in [2.45, 2.75) is 36.1 Å². The smallest absolute Gasteiger partial charge is 0.251 e. The molecular formula is C22H28N2O6S2. The van der Waals surface area contributed by atoms with E-state index in [1.165, 1.54) is 22.5 Å². The van der Waals surface area contributed by atoms with E-state index in [2.05, 4.69) is 5.32 Å². The number of sulfone groups is 1. The van der Waals surface area contributed by atoms with E-state index >= 15 is 0 Å². The molecule has 0 spiro atoms. The van der Waals surface area contributed by atoms with Crippen LogP contribution < -0.4 is 5.32 Å². The Labute approximate surface area is 189 Å². The average Bonchev–Trinajstić information content (AvgIpc) is 2.78. The second-order valence-corrected chi connectivity index (χ2v) is 11.7. The van der Waals surface area contributed by atoms with Crippen molar-refractivity contribution in [1.82, 2.24) is 9.62 Å². The van der Waals surface area contributed by atoms with Crippen molar-refractivity contribution in [3.05, 3.63) is 59.2 Å². The summed E-state index contributed by atoms with van der Waals surface area (Å²) >= 11 is 0. The molecule has 8 nitrogen and oxygen atoms in total. The van der Waals surface area contributed by atoms with E-state index < -0.39 is 31.8 Å². The molecule has 1 aliphatic heterocycles. The Balaban J connectivity index is 1.83. The number of carbonyl (C=O) groups excluding carboxylic acids is 1. The van der Waals surface area contributed by atoms with Gasteiger partial charge in [0, 0.05) is 24.9 Å². The predicted molar refractivity (Wildman–Crippen MR) is 121 cm³/mol. The number of hydrogen-bond donors (Lipinski definition) is 1. The molecule has 0 aromatic heterocycles. The molecule has 3 rings (SSSR count). The second kappa shape index (κ2) is 9.70. The number of carbonyl (C=O) groups is 1. The summed E-state index contributed by atoms with van der Waals surface area (Å²) in [6.07, 6.45) is 1.65. The van der Waals surface area contributed by atoms with Gasteiger partial charge in [-0.25, -0.2) is 16.8 Å². The Morgan fingerprint density at radius 3 is 2.25 bits per heavy atom. The van der Waals surface area contributed by atoms with Crippen molar-refractivity contribution in [1.29, 1.82) is 0 Å². The Morgan fingerprint density at radius 2 is 1.69 bits per heavy atom. The molecule has 1 N–H and O–H groups in total. The summed E-state index contributed by atoms with van der Waals surface area (Å²) in [7, 11) is -7.05. The SMILES string of the molecule is CCc1ccc(C(=O)NC(C)c2ccc(S(C)(=O)=O)cc2)cc1S(=O)(=O)N1CCOCC1. The Morgan fingerprint density at radius 1 is 1.06 bits per heavy atom. The summed E-state index contributed by atoms with van der Waals surface area (Å²) in [5, 5.41) is 2.85. The van der Waals surface area contributed by atoms with E-state index in [0.29, 0.717) is 25.2 Å². The average molecular weight is 481 g/mol. The maximum absolute atomic E-state index is 13.2. The number of benzene rings is 2. The number of hydrogen-bond acceptors (Lipinski definition) is 6. The van der Waals surface area contributed by atoms with Crippen molar-refractivity contribution in [3.8, 4) is 0 Å². The van der Waals surface area contributed by atoms with Gasteiger partial charge in [-0.3, -0.25) is 4.79 Å². The molecule has 1 saturated heterocycles. The van der Waals surface area contributed by atoms with Gasteiger partial charge in [-0.15, -0.1) is 0 Å². The third-order valence-corrected chi connectivity index (χ3v) is 8.56. The lowest BCUT2D eigenvalue weighted by molar-refractivity contribution is 0.0730. The highest BCUT2D eigenvalue weighted by atomic mass is 32.2. The lowest BCUT2D eigenvalue weighted by atomic mass is 10.1. The van der Waals surface area contributed by atoms with E-state index in [0.717, 1.165) is 11.8 Å². The van der Waals surface area contributed by atoms with Crippen molar-refractivity contribution in [3.63, 3.8) is 0 Å². The molecule has 174 valence electrons. The molecule has 0 saturated carbocycles. The zero-order valence-corrected chi connectivity index (χ0v) is 20.0. The highest BCUT2D eigenvalue weighted by molar-refractivity contribution is 7.90. The molecule has 1 unspecified atom stereocenters. The Kier molecular flexibility index (Phi) is 7.39. The number of aryl methyl sites for hydroxylation is 1. The molecule has 1 amide bonds. The molecule has 1 aliphatic rings. The first-order valence-corrected chi connectivity index (χ1v) is 13.7. The van der Waals surface area contributed by atoms with Crippen LogP contribution in [0.2, 0.25) is 0 Å². The first-order chi connectivity index (χ1) is 15.0. The number of nitrogens with one attached hydrogen (secondary N) is 1. The maximum atomic E-state index is 13.2. The number of nitrogens with zero attached hydrogens (tertiary/aromatic N) is 1. The molecule has 0 aliphatic carbocycles. The predicted octanol–water partition coefficient (Wildman–Crippen LogP) is 2.16. The molecule has 1 fully saturated rings. The van der Waals surface area contributed by atoms with Crippen molar-refractivity contribution in [2.24, 2.45) is 0 Å². The van der Waals surface area contributed by atoms with Gasteiger partial charge >= 0.3 is 0 Å². The molecule has 32 heavy (non-hydrogen) atoms. The molecule has 1 heterocycles. The van der Waals surface area contributed by atoms with Crippen molar-refractivity contribution in [2.75, 3.05) is 32.6 Å². The first-order valence-electron chi connectivity index (χ1n) is 10.4. The second-order valence-electron chi connectivity index (χ2n) is 7.73. The summed E-state index contributed by atoms with van der Waals surface area (Å²) in [4.78, 5) is 13.2. The summed E-state index contributed by atoms with van der Waals surface area (Å²) < 4.78 is 56.3. The van der Waals surface area contributed by atoms with E-state index in [9.17, 15) is 21.6 Å². The minimum Gasteiger partial charge on any atom is -0.379 e. The van der Waals surface area contributed by atoms with Gasteiger partial charge in [-0.05, 0) is 48.7 Å². The quantitative estimate of drug-likeness (QED) is 0.650. The van der Waals surface area contributed by atoms with Crippen LogP contribution in [0.4, 0.5) is 0 Å². The van der Waals surface area contributed by atoms with Crippen LogP contribution in [0, 0.1) is 0 Å². The van der Waals surface area contributed by atoms with Gasteiger partial charge in [0.15, 0.2) is 9.84 Å². The Hall–Kier alpha value is -2.27. The molecule has 2 aromatic carbocycles. The zero-order chi connectivity index (χ0) is 23.5. The van der Waals surface area contributed by atoms with Crippen LogP contribution >= 0.6 is 0 Å². The molecule has 0 bridgehead atoms. The molecular weight excluding hydrogens is 452 g/mol. The van der Waals surface area contributed by atoms with E-state index in [1.54, 1.807) is 31.2 Å². The Bertz CT molecular complexity index is 1190. The van der Waals surface area contributed by atoms with Gasteiger partial charge in [-0.2, -0.15) is 4.31 Å². The highest BCUT2D eigenvalue weighted by Crippen LogP contribution is 2.24. The van der Waals surface area contributed by atoms with Crippen LogP contribution in [-0.4, -0.2) is 59.6 Å². The van der Waals surface area contributed by atoms with Gasteiger partial charge < -0.3 is 10.1 Å². The third-order valence-electron chi connectivity index (χ3n) is 5.45. The summed E-state index contributed by atoms with van der Waals surface area (Å²) in [6, 6.07) is 10.6. The van der Waals surface area contributed by atoms with Crippen LogP contribution in [0.3, 0.4) is 0 Å². The van der Waals surface area contributed by atoms with Crippen LogP contribution in [0.1, 0.15) is 41.4 Å². The fourth-order valence-corrected chi connectivity index (χ4v) is 5.88. The number of amides is 1. The van der Waals surface area contributed by atoms with Crippen molar-refractivity contribution < 1.29 is 26.4 Å². The summed E-state index contributed by atoms with van der Waals surface area (Å²) in [5.41, 5.74) is 1.63. The topological polar surface area (TPSA) is 110 Å². The van der Waals surface area contributed by atoms with E-state index in [1.807, 2.05) is 6.92 Å². The maximum Gasteiger partial charge on any atom is 0.251 e. The third kappa shape index (κ3) is 5.37. The van der Waals surface area contributed by atoms with E-state index in [-0.39, 0.29) is 28.4 Å². The summed E-state index contributed by atoms with van der Waals surface area (Å²) in [6.45, 7) is 4.90. The number of sulfonamides is 1. The van der Waals surface area contributed by atoms with Gasteiger partial charge in [0.25, 0.3) is 5.91 Å². The van der Waals surface area contributed by atoms with Crippen molar-refractivity contribution >= 4 is 25.8 Å². The van der Waals surface area contributed by atoms with Crippen LogP contribution in [-0.2, 0) is 31.0 Å². The lowest BCUT2D eigenvalue weighted by Crippen LogP contribution is -2.41. The van der Waals surface area contributed by atoms with Gasteiger partial charge in [-0.1, -0.05) is 25.1 Å². The molecule has 1 atom stereocenters. The normalized spacial score (nSPS) is 16.5. The molecule has 0 radical (unpaired) electrons. The largest absolute Gasteiger partial charge is 0.379 e. The monoisotopic (exact) mass is 480 g/mol. The zero-order valence-electron chi connectivity index (χ0n) is 18.4. The lowest BCUT2D eigenvalue weighted by Gasteiger charge is -2.27. The number of morpholine rings is 1. The fourth-order valence-electron chi connectivity index (χ4n) is 3.52. The highest BCUT2D eigenvalue weighted by Gasteiger charge is 2.29. The van der Waals surface area contributed by atoms with E-state index in [4.69, 9.17) is 4.74 Å². The van der Waals surface area contributed by atoms with Gasteiger partial charge in [0.1, 0.15) is 0 Å². The fraction of sp³-hybridized carbons (Fsp3) is 0.409. The minimum absolute atomic E-state index is 0.139. The van der Waals surface area contributed by atoms with Crippen LogP contribution in [0.15, 0.2) is 52.3 Å². The number of ether oxygens (including phenoxy) is 1.